The molecule has 4 nitrogen and oxygen atoms in total. The summed E-state index contributed by atoms with van der Waals surface area (Å²) in [7, 11) is 0. The minimum atomic E-state index is -0.0400. The van der Waals surface area contributed by atoms with Crippen molar-refractivity contribution in [3.63, 3.8) is 0 Å². The Balaban J connectivity index is 1.27. The molecule has 2 heterocycles. The summed E-state index contributed by atoms with van der Waals surface area (Å²) in [6.07, 6.45) is 5.60. The lowest BCUT2D eigenvalue weighted by Crippen LogP contribution is -2.30. The van der Waals surface area contributed by atoms with Crippen LogP contribution < -0.4 is 5.32 Å². The van der Waals surface area contributed by atoms with Crippen molar-refractivity contribution in [2.75, 3.05) is 30.7 Å². The number of benzene rings is 2. The number of H-pyrrole nitrogens is 1. The monoisotopic (exact) mass is 405 g/mol. The lowest BCUT2D eigenvalue weighted by atomic mass is 10.00. The predicted molar refractivity (Wildman–Crippen MR) is 124 cm³/mol. The number of hydrogen-bond donors (Lipinski definition) is 2. The van der Waals surface area contributed by atoms with E-state index in [4.69, 9.17) is 0 Å². The fourth-order valence-corrected chi connectivity index (χ4v) is 4.77. The molecule has 4 rings (SSSR count). The molecule has 0 aliphatic carbocycles. The molecule has 1 aliphatic rings. The number of fused-ring (bicyclic) bond motifs is 1. The van der Waals surface area contributed by atoms with E-state index < -0.39 is 0 Å². The van der Waals surface area contributed by atoms with Crippen LogP contribution in [0.2, 0.25) is 0 Å². The van der Waals surface area contributed by atoms with Crippen molar-refractivity contribution in [2.45, 2.75) is 19.1 Å². The lowest BCUT2D eigenvalue weighted by molar-refractivity contribution is -0.114. The largest absolute Gasteiger partial charge is 0.361 e. The standard InChI is InChI=1S/C24H27N3OS/c1-18(28)26-22-7-8-24-23(15-22)21(16-25-24)17-29-14-13-27-11-9-20(10-12-27)19-5-3-2-4-6-19/h2-9,15-16,25H,10-14,17H2,1H3,(H,26,28). The fraction of sp³-hybridized carbons (Fsp3) is 0.292. The molecular formula is C24H27N3OS. The van der Waals surface area contributed by atoms with E-state index in [1.165, 1.54) is 29.0 Å². The lowest BCUT2D eigenvalue weighted by Gasteiger charge is -2.26. The van der Waals surface area contributed by atoms with Crippen LogP contribution in [0.5, 0.6) is 0 Å². The predicted octanol–water partition coefficient (Wildman–Crippen LogP) is 5.15. The summed E-state index contributed by atoms with van der Waals surface area (Å²) in [4.78, 5) is 17.2. The minimum absolute atomic E-state index is 0.0400. The van der Waals surface area contributed by atoms with Crippen molar-refractivity contribution in [3.05, 3.63) is 71.9 Å². The number of nitrogens with one attached hydrogen (secondary N) is 2. The zero-order valence-corrected chi connectivity index (χ0v) is 17.6. The van der Waals surface area contributed by atoms with Crippen LogP contribution in [0.3, 0.4) is 0 Å². The molecule has 0 bridgehead atoms. The van der Waals surface area contributed by atoms with Gasteiger partial charge in [0.05, 0.1) is 0 Å². The van der Waals surface area contributed by atoms with Gasteiger partial charge in [-0.3, -0.25) is 9.69 Å². The first-order valence-corrected chi connectivity index (χ1v) is 11.3. The number of rotatable bonds is 7. The Kier molecular flexibility index (Phi) is 6.37. The number of aromatic amines is 1. The Labute approximate surface area is 176 Å². The maximum atomic E-state index is 11.3. The number of thioether (sulfide) groups is 1. The maximum Gasteiger partial charge on any atom is 0.221 e. The van der Waals surface area contributed by atoms with E-state index in [0.717, 1.165) is 48.8 Å². The number of aromatic nitrogens is 1. The molecule has 5 heteroatoms. The van der Waals surface area contributed by atoms with Gasteiger partial charge in [-0.1, -0.05) is 36.4 Å². The molecule has 150 valence electrons. The van der Waals surface area contributed by atoms with Crippen LogP contribution in [0.4, 0.5) is 5.69 Å². The van der Waals surface area contributed by atoms with Crippen molar-refractivity contribution < 1.29 is 4.79 Å². The molecule has 0 radical (unpaired) electrons. The van der Waals surface area contributed by atoms with E-state index in [9.17, 15) is 4.79 Å². The zero-order valence-electron chi connectivity index (χ0n) is 16.8. The molecule has 1 aliphatic heterocycles. The second kappa shape index (κ2) is 9.33. The van der Waals surface area contributed by atoms with Gasteiger partial charge >= 0.3 is 0 Å². The minimum Gasteiger partial charge on any atom is -0.361 e. The van der Waals surface area contributed by atoms with Crippen LogP contribution in [0.1, 0.15) is 24.5 Å². The Morgan fingerprint density at radius 1 is 1.21 bits per heavy atom. The molecule has 1 amide bonds. The number of carbonyl (C=O) groups is 1. The summed E-state index contributed by atoms with van der Waals surface area (Å²) >= 11 is 1.97. The van der Waals surface area contributed by atoms with Gasteiger partial charge in [-0.25, -0.2) is 0 Å². The van der Waals surface area contributed by atoms with Gasteiger partial charge in [-0.15, -0.1) is 0 Å². The highest BCUT2D eigenvalue weighted by Crippen LogP contribution is 2.26. The SMILES string of the molecule is CC(=O)Nc1ccc2[nH]cc(CSCCN3CC=C(c4ccccc4)CC3)c2c1. The molecule has 0 saturated carbocycles. The summed E-state index contributed by atoms with van der Waals surface area (Å²) in [5.74, 6) is 2.05. The third-order valence-corrected chi connectivity index (χ3v) is 6.32. The molecule has 0 unspecified atom stereocenters. The highest BCUT2D eigenvalue weighted by atomic mass is 32.2. The summed E-state index contributed by atoms with van der Waals surface area (Å²) in [6, 6.07) is 16.7. The number of amides is 1. The second-order valence-corrected chi connectivity index (χ2v) is 8.56. The van der Waals surface area contributed by atoms with E-state index in [-0.39, 0.29) is 5.91 Å². The molecule has 3 aromatic rings. The topological polar surface area (TPSA) is 48.1 Å². The third-order valence-electron chi connectivity index (χ3n) is 5.34. The van der Waals surface area contributed by atoms with Gasteiger partial charge in [0.1, 0.15) is 0 Å². The van der Waals surface area contributed by atoms with E-state index in [0.29, 0.717) is 0 Å². The van der Waals surface area contributed by atoms with Crippen LogP contribution in [-0.4, -0.2) is 41.2 Å². The smallest absolute Gasteiger partial charge is 0.221 e. The second-order valence-electron chi connectivity index (χ2n) is 7.45. The molecular weight excluding hydrogens is 378 g/mol. The first kappa shape index (κ1) is 19.8. The van der Waals surface area contributed by atoms with Gasteiger partial charge in [0.15, 0.2) is 0 Å². The van der Waals surface area contributed by atoms with Crippen LogP contribution in [0.15, 0.2) is 60.8 Å². The Morgan fingerprint density at radius 2 is 2.07 bits per heavy atom. The van der Waals surface area contributed by atoms with Crippen LogP contribution in [-0.2, 0) is 10.5 Å². The summed E-state index contributed by atoms with van der Waals surface area (Å²) in [5.41, 5.74) is 6.10. The summed E-state index contributed by atoms with van der Waals surface area (Å²) in [6.45, 7) is 4.83. The highest BCUT2D eigenvalue weighted by molar-refractivity contribution is 7.98. The van der Waals surface area contributed by atoms with Crippen molar-refractivity contribution in [2.24, 2.45) is 0 Å². The first-order chi connectivity index (χ1) is 14.2. The van der Waals surface area contributed by atoms with Gasteiger partial charge < -0.3 is 10.3 Å². The molecule has 0 saturated heterocycles. The maximum absolute atomic E-state index is 11.3. The third kappa shape index (κ3) is 5.11. The first-order valence-electron chi connectivity index (χ1n) is 10.1. The Bertz CT molecular complexity index is 1010. The van der Waals surface area contributed by atoms with Crippen molar-refractivity contribution >= 4 is 39.8 Å². The van der Waals surface area contributed by atoms with E-state index in [1.54, 1.807) is 0 Å². The quantitative estimate of drug-likeness (QED) is 0.535. The van der Waals surface area contributed by atoms with Gasteiger partial charge in [0, 0.05) is 60.9 Å². The zero-order chi connectivity index (χ0) is 20.1. The van der Waals surface area contributed by atoms with E-state index in [1.807, 2.05) is 23.9 Å². The van der Waals surface area contributed by atoms with Gasteiger partial charge in [-0.05, 0) is 41.3 Å². The van der Waals surface area contributed by atoms with E-state index in [2.05, 4.69) is 63.9 Å². The fourth-order valence-electron chi connectivity index (χ4n) is 3.78. The normalized spacial score (nSPS) is 14.7. The van der Waals surface area contributed by atoms with Crippen LogP contribution in [0, 0.1) is 0 Å². The molecule has 2 aromatic carbocycles. The molecule has 29 heavy (non-hydrogen) atoms. The summed E-state index contributed by atoms with van der Waals surface area (Å²) in [5, 5.41) is 4.06. The highest BCUT2D eigenvalue weighted by Gasteiger charge is 2.13. The number of anilines is 1. The Morgan fingerprint density at radius 3 is 2.83 bits per heavy atom. The number of nitrogens with zero attached hydrogens (tertiary/aromatic N) is 1. The molecule has 0 spiro atoms. The van der Waals surface area contributed by atoms with Crippen LogP contribution >= 0.6 is 11.8 Å². The van der Waals surface area contributed by atoms with Crippen molar-refractivity contribution in [3.8, 4) is 0 Å². The molecule has 0 fully saturated rings. The van der Waals surface area contributed by atoms with Crippen molar-refractivity contribution in [1.29, 1.82) is 0 Å². The summed E-state index contributed by atoms with van der Waals surface area (Å²) < 4.78 is 0. The van der Waals surface area contributed by atoms with Gasteiger partial charge in [-0.2, -0.15) is 11.8 Å². The van der Waals surface area contributed by atoms with Gasteiger partial charge in [0.25, 0.3) is 0 Å². The molecule has 0 atom stereocenters. The average molecular weight is 406 g/mol. The number of hydrogen-bond acceptors (Lipinski definition) is 3. The molecule has 1 aromatic heterocycles. The van der Waals surface area contributed by atoms with Gasteiger partial charge in [0.2, 0.25) is 5.91 Å². The van der Waals surface area contributed by atoms with E-state index >= 15 is 0 Å². The Hall–Kier alpha value is -2.50. The van der Waals surface area contributed by atoms with Crippen LogP contribution in [0.25, 0.3) is 16.5 Å². The molecule has 2 N–H and O–H groups in total. The van der Waals surface area contributed by atoms with Crippen molar-refractivity contribution in [1.82, 2.24) is 9.88 Å². The number of carbonyl (C=O) groups excluding carboxylic acids is 1. The average Bonchev–Trinajstić information content (AvgIpc) is 3.14.